The highest BCUT2D eigenvalue weighted by molar-refractivity contribution is 7.11. The normalized spacial score (nSPS) is 21.5. The number of aromatic nitrogens is 1. The maximum absolute atomic E-state index is 11.8. The van der Waals surface area contributed by atoms with E-state index in [0.29, 0.717) is 16.8 Å². The zero-order valence-electron chi connectivity index (χ0n) is 10.9. The Bertz CT molecular complexity index is 405. The van der Waals surface area contributed by atoms with Gasteiger partial charge < -0.3 is 10.4 Å². The van der Waals surface area contributed by atoms with E-state index < -0.39 is 5.60 Å². The molecule has 1 aliphatic carbocycles. The first-order valence-electron chi connectivity index (χ1n) is 6.29. The molecule has 1 aromatic rings. The van der Waals surface area contributed by atoms with E-state index in [0.717, 1.165) is 25.7 Å². The fraction of sp³-hybridized carbons (Fsp3) is 0.692. The third-order valence-corrected chi connectivity index (χ3v) is 4.54. The van der Waals surface area contributed by atoms with Crippen LogP contribution in [0.5, 0.6) is 0 Å². The van der Waals surface area contributed by atoms with Crippen LogP contribution in [0.1, 0.15) is 49.2 Å². The number of aliphatic hydroxyl groups is 1. The number of nitrogens with one attached hydrogen (secondary N) is 1. The molecule has 0 aromatic carbocycles. The van der Waals surface area contributed by atoms with Crippen molar-refractivity contribution < 1.29 is 9.90 Å². The van der Waals surface area contributed by atoms with Crippen LogP contribution in [0, 0.1) is 5.41 Å². The van der Waals surface area contributed by atoms with Gasteiger partial charge >= 0.3 is 0 Å². The molecule has 100 valence electrons. The Hall–Kier alpha value is -0.940. The van der Waals surface area contributed by atoms with Crippen LogP contribution in [0.4, 0.5) is 0 Å². The number of hydrogen-bond donors (Lipinski definition) is 2. The van der Waals surface area contributed by atoms with Crippen LogP contribution in [-0.4, -0.2) is 28.1 Å². The second-order valence-electron chi connectivity index (χ2n) is 5.94. The summed E-state index contributed by atoms with van der Waals surface area (Å²) in [6.07, 6.45) is 5.06. The maximum atomic E-state index is 11.8. The zero-order chi connectivity index (χ0) is 13.2. The van der Waals surface area contributed by atoms with Gasteiger partial charge in [-0.3, -0.25) is 9.78 Å². The number of hydrogen-bond acceptors (Lipinski definition) is 4. The topological polar surface area (TPSA) is 62.2 Å². The number of nitrogens with zero attached hydrogens (tertiary/aromatic N) is 1. The van der Waals surface area contributed by atoms with E-state index >= 15 is 0 Å². The summed E-state index contributed by atoms with van der Waals surface area (Å²) in [5.74, 6) is -0.143. The highest BCUT2D eigenvalue weighted by Gasteiger charge is 2.36. The second kappa shape index (κ2) is 4.97. The van der Waals surface area contributed by atoms with Crippen molar-refractivity contribution in [3.05, 3.63) is 16.6 Å². The third-order valence-electron chi connectivity index (χ3n) is 3.77. The molecule has 1 saturated carbocycles. The Morgan fingerprint density at radius 2 is 2.11 bits per heavy atom. The summed E-state index contributed by atoms with van der Waals surface area (Å²) in [7, 11) is 0. The summed E-state index contributed by atoms with van der Waals surface area (Å²) in [5.41, 5.74) is 1.20. The quantitative estimate of drug-likeness (QED) is 0.883. The zero-order valence-corrected chi connectivity index (χ0v) is 11.7. The molecule has 1 amide bonds. The van der Waals surface area contributed by atoms with Crippen molar-refractivity contribution in [1.29, 1.82) is 0 Å². The van der Waals surface area contributed by atoms with Crippen molar-refractivity contribution in [3.8, 4) is 0 Å². The maximum Gasteiger partial charge on any atom is 0.263 e. The highest BCUT2D eigenvalue weighted by atomic mass is 32.1. The van der Waals surface area contributed by atoms with Gasteiger partial charge in [0.2, 0.25) is 0 Å². The average Bonchev–Trinajstić information content (AvgIpc) is 2.85. The summed E-state index contributed by atoms with van der Waals surface area (Å²) in [6, 6.07) is 0. The van der Waals surface area contributed by atoms with Gasteiger partial charge in [-0.05, 0) is 31.1 Å². The molecule has 0 bridgehead atoms. The van der Waals surface area contributed by atoms with E-state index in [1.807, 2.05) is 0 Å². The second-order valence-corrected chi connectivity index (χ2v) is 6.82. The molecule has 0 atom stereocenters. The highest BCUT2D eigenvalue weighted by Crippen LogP contribution is 2.39. The predicted octanol–water partition coefficient (Wildman–Crippen LogP) is 2.20. The van der Waals surface area contributed by atoms with Crippen LogP contribution < -0.4 is 5.32 Å². The molecule has 0 aliphatic heterocycles. The first-order chi connectivity index (χ1) is 8.40. The number of rotatable bonds is 3. The molecule has 18 heavy (non-hydrogen) atoms. The van der Waals surface area contributed by atoms with Crippen molar-refractivity contribution >= 4 is 17.2 Å². The van der Waals surface area contributed by atoms with Crippen LogP contribution in [-0.2, 0) is 0 Å². The largest absolute Gasteiger partial charge is 0.388 e. The summed E-state index contributed by atoms with van der Waals surface area (Å²) in [5, 5.41) is 13.2. The van der Waals surface area contributed by atoms with E-state index in [1.54, 1.807) is 11.7 Å². The molecular formula is C13H20N2O2S. The van der Waals surface area contributed by atoms with E-state index in [2.05, 4.69) is 24.1 Å². The fourth-order valence-corrected chi connectivity index (χ4v) is 2.76. The van der Waals surface area contributed by atoms with Gasteiger partial charge in [-0.15, -0.1) is 11.3 Å². The molecule has 0 saturated heterocycles. The first kappa shape index (κ1) is 13.5. The van der Waals surface area contributed by atoms with E-state index in [9.17, 15) is 9.90 Å². The van der Waals surface area contributed by atoms with E-state index in [-0.39, 0.29) is 5.91 Å². The van der Waals surface area contributed by atoms with Crippen molar-refractivity contribution in [1.82, 2.24) is 10.3 Å². The number of carbonyl (C=O) groups is 1. The van der Waals surface area contributed by atoms with Gasteiger partial charge in [-0.1, -0.05) is 13.8 Å². The minimum Gasteiger partial charge on any atom is -0.388 e. The summed E-state index contributed by atoms with van der Waals surface area (Å²) < 4.78 is 0. The fourth-order valence-electron chi connectivity index (χ4n) is 2.23. The summed E-state index contributed by atoms with van der Waals surface area (Å²) in [4.78, 5) is 16.2. The molecule has 2 rings (SSSR count). The number of carbonyl (C=O) groups excluding carboxylic acids is 1. The molecule has 1 heterocycles. The first-order valence-corrected chi connectivity index (χ1v) is 7.17. The van der Waals surface area contributed by atoms with Gasteiger partial charge in [0.05, 0.1) is 17.3 Å². The molecule has 0 spiro atoms. The predicted molar refractivity (Wildman–Crippen MR) is 71.6 cm³/mol. The standard InChI is InChI=1S/C13H20N2O2S/c1-12(2)3-5-13(17,6-4-12)8-15-11(16)10-7-14-9-18-10/h7,9,17H,3-6,8H2,1-2H3,(H,15,16). The van der Waals surface area contributed by atoms with Crippen LogP contribution in [0.25, 0.3) is 0 Å². The van der Waals surface area contributed by atoms with Crippen molar-refractivity contribution in [3.63, 3.8) is 0 Å². The Kier molecular flexibility index (Phi) is 3.73. The van der Waals surface area contributed by atoms with Gasteiger partial charge in [0.1, 0.15) is 4.88 Å². The Morgan fingerprint density at radius 1 is 1.44 bits per heavy atom. The minimum absolute atomic E-state index is 0.143. The number of amides is 1. The number of thiazole rings is 1. The Morgan fingerprint density at radius 3 is 2.67 bits per heavy atom. The Balaban J connectivity index is 1.85. The van der Waals surface area contributed by atoms with E-state index in [1.165, 1.54) is 11.3 Å². The van der Waals surface area contributed by atoms with Crippen molar-refractivity contribution in [2.24, 2.45) is 5.41 Å². The summed E-state index contributed by atoms with van der Waals surface area (Å²) >= 11 is 1.31. The van der Waals surface area contributed by atoms with Crippen molar-refractivity contribution in [2.75, 3.05) is 6.54 Å². The molecule has 5 heteroatoms. The monoisotopic (exact) mass is 268 g/mol. The Labute approximate surface area is 111 Å². The SMILES string of the molecule is CC1(C)CCC(O)(CNC(=O)c2cncs2)CC1. The minimum atomic E-state index is -0.740. The molecule has 1 aliphatic rings. The van der Waals surface area contributed by atoms with Gasteiger partial charge in [-0.2, -0.15) is 0 Å². The van der Waals surface area contributed by atoms with Gasteiger partial charge in [0, 0.05) is 6.54 Å². The van der Waals surface area contributed by atoms with Crippen molar-refractivity contribution in [2.45, 2.75) is 45.1 Å². The lowest BCUT2D eigenvalue weighted by Crippen LogP contribution is -2.46. The molecule has 1 fully saturated rings. The van der Waals surface area contributed by atoms with Gasteiger partial charge in [0.15, 0.2) is 0 Å². The lowest BCUT2D eigenvalue weighted by molar-refractivity contribution is -0.0232. The molecule has 0 radical (unpaired) electrons. The van der Waals surface area contributed by atoms with Crippen LogP contribution >= 0.6 is 11.3 Å². The van der Waals surface area contributed by atoms with Crippen LogP contribution in [0.3, 0.4) is 0 Å². The smallest absolute Gasteiger partial charge is 0.263 e. The summed E-state index contributed by atoms with van der Waals surface area (Å²) in [6.45, 7) is 4.78. The average molecular weight is 268 g/mol. The molecule has 4 nitrogen and oxygen atoms in total. The molecular weight excluding hydrogens is 248 g/mol. The van der Waals surface area contributed by atoms with Crippen LogP contribution in [0.15, 0.2) is 11.7 Å². The lowest BCUT2D eigenvalue weighted by atomic mass is 9.71. The molecule has 1 aromatic heterocycles. The van der Waals surface area contributed by atoms with Gasteiger partial charge in [0.25, 0.3) is 5.91 Å². The van der Waals surface area contributed by atoms with Gasteiger partial charge in [-0.25, -0.2) is 0 Å². The lowest BCUT2D eigenvalue weighted by Gasteiger charge is -2.40. The van der Waals surface area contributed by atoms with E-state index in [4.69, 9.17) is 0 Å². The molecule has 2 N–H and O–H groups in total. The molecule has 0 unspecified atom stereocenters. The van der Waals surface area contributed by atoms with Crippen LogP contribution in [0.2, 0.25) is 0 Å². The third kappa shape index (κ3) is 3.29.